The number of nitrogens with zero attached hydrogens (tertiary/aromatic N) is 2. The average molecular weight is 295 g/mol. The molecule has 2 heterocycles. The van der Waals surface area contributed by atoms with Gasteiger partial charge in [0.2, 0.25) is 0 Å². The van der Waals surface area contributed by atoms with E-state index in [0.29, 0.717) is 6.04 Å². The molecule has 4 rings (SSSR count). The molecule has 1 aromatic carbocycles. The summed E-state index contributed by atoms with van der Waals surface area (Å²) in [4.78, 5) is 4.41. The molecule has 22 heavy (non-hydrogen) atoms. The van der Waals surface area contributed by atoms with Crippen molar-refractivity contribution in [2.75, 3.05) is 6.54 Å². The summed E-state index contributed by atoms with van der Waals surface area (Å²) in [5, 5.41) is 3.80. The molecule has 1 aromatic heterocycles. The Labute approximate surface area is 132 Å². The molecule has 0 radical (unpaired) electrons. The molecule has 1 aliphatic carbocycles. The highest BCUT2D eigenvalue weighted by Crippen LogP contribution is 2.38. The molecule has 1 aliphatic heterocycles. The first-order valence-corrected chi connectivity index (χ1v) is 8.58. The highest BCUT2D eigenvalue weighted by Gasteiger charge is 2.31. The van der Waals surface area contributed by atoms with Crippen LogP contribution in [0.15, 0.2) is 36.7 Å². The second-order valence-electron chi connectivity index (χ2n) is 7.03. The van der Waals surface area contributed by atoms with Crippen LogP contribution in [0.2, 0.25) is 0 Å². The maximum absolute atomic E-state index is 4.41. The number of nitrogens with one attached hydrogen (secondary N) is 1. The maximum Gasteiger partial charge on any atom is 0.108 e. The number of hydrogen-bond donors (Lipinski definition) is 1. The van der Waals surface area contributed by atoms with E-state index in [-0.39, 0.29) is 0 Å². The molecule has 1 atom stereocenters. The van der Waals surface area contributed by atoms with Gasteiger partial charge in [-0.25, -0.2) is 4.98 Å². The van der Waals surface area contributed by atoms with E-state index in [2.05, 4.69) is 52.3 Å². The first-order valence-electron chi connectivity index (χ1n) is 8.58. The van der Waals surface area contributed by atoms with Gasteiger partial charge in [0, 0.05) is 31.4 Å². The SMILES string of the molecule is Cc1ccccc1C1CC(NC[C@@H]2CCc3nccn3C2)C1. The van der Waals surface area contributed by atoms with Crippen LogP contribution in [0.5, 0.6) is 0 Å². The Morgan fingerprint density at radius 1 is 1.27 bits per heavy atom. The predicted molar refractivity (Wildman–Crippen MR) is 89.0 cm³/mol. The molecule has 1 saturated carbocycles. The van der Waals surface area contributed by atoms with Crippen molar-refractivity contribution in [3.05, 3.63) is 53.6 Å². The lowest BCUT2D eigenvalue weighted by Crippen LogP contribution is -2.43. The molecule has 0 bridgehead atoms. The molecule has 2 aromatic rings. The van der Waals surface area contributed by atoms with E-state index in [0.717, 1.165) is 31.3 Å². The lowest BCUT2D eigenvalue weighted by molar-refractivity contribution is 0.256. The van der Waals surface area contributed by atoms with Crippen LogP contribution in [0.1, 0.15) is 42.1 Å². The van der Waals surface area contributed by atoms with Crippen molar-refractivity contribution >= 4 is 0 Å². The third-order valence-electron chi connectivity index (χ3n) is 5.49. The third kappa shape index (κ3) is 2.70. The summed E-state index contributed by atoms with van der Waals surface area (Å²) in [6.07, 6.45) is 9.07. The number of imidazole rings is 1. The molecule has 0 unspecified atom stereocenters. The zero-order chi connectivity index (χ0) is 14.9. The van der Waals surface area contributed by atoms with Crippen LogP contribution < -0.4 is 5.32 Å². The van der Waals surface area contributed by atoms with E-state index in [1.165, 1.54) is 30.7 Å². The van der Waals surface area contributed by atoms with Gasteiger partial charge in [0.1, 0.15) is 5.82 Å². The Bertz CT molecular complexity index is 640. The van der Waals surface area contributed by atoms with Crippen molar-refractivity contribution in [2.24, 2.45) is 5.92 Å². The molecular formula is C19H25N3. The second kappa shape index (κ2) is 5.88. The van der Waals surface area contributed by atoms with Gasteiger partial charge in [-0.2, -0.15) is 0 Å². The summed E-state index contributed by atoms with van der Waals surface area (Å²) in [5.41, 5.74) is 3.01. The topological polar surface area (TPSA) is 29.9 Å². The van der Waals surface area contributed by atoms with E-state index < -0.39 is 0 Å². The third-order valence-corrected chi connectivity index (χ3v) is 5.49. The molecule has 0 saturated heterocycles. The maximum atomic E-state index is 4.41. The van der Waals surface area contributed by atoms with Crippen LogP contribution >= 0.6 is 0 Å². The van der Waals surface area contributed by atoms with Gasteiger partial charge in [-0.1, -0.05) is 24.3 Å². The van der Waals surface area contributed by atoms with Crippen LogP contribution in [0.4, 0.5) is 0 Å². The molecule has 0 spiro atoms. The molecule has 3 heteroatoms. The normalized spacial score (nSPS) is 27.2. The van der Waals surface area contributed by atoms with Crippen molar-refractivity contribution < 1.29 is 0 Å². The Morgan fingerprint density at radius 3 is 3.00 bits per heavy atom. The van der Waals surface area contributed by atoms with Crippen molar-refractivity contribution in [3.8, 4) is 0 Å². The summed E-state index contributed by atoms with van der Waals surface area (Å²) in [5.74, 6) is 2.80. The zero-order valence-electron chi connectivity index (χ0n) is 13.3. The lowest BCUT2D eigenvalue weighted by Gasteiger charge is -2.38. The van der Waals surface area contributed by atoms with Gasteiger partial charge >= 0.3 is 0 Å². The van der Waals surface area contributed by atoms with Gasteiger partial charge in [-0.15, -0.1) is 0 Å². The van der Waals surface area contributed by atoms with Gasteiger partial charge in [0.25, 0.3) is 0 Å². The number of aromatic nitrogens is 2. The van der Waals surface area contributed by atoms with Gasteiger partial charge in [0.15, 0.2) is 0 Å². The minimum absolute atomic E-state index is 0.716. The quantitative estimate of drug-likeness (QED) is 0.938. The minimum atomic E-state index is 0.716. The molecule has 1 fully saturated rings. The monoisotopic (exact) mass is 295 g/mol. The van der Waals surface area contributed by atoms with Crippen LogP contribution in [0, 0.1) is 12.8 Å². The largest absolute Gasteiger partial charge is 0.335 e. The lowest BCUT2D eigenvalue weighted by atomic mass is 9.74. The number of hydrogen-bond acceptors (Lipinski definition) is 2. The van der Waals surface area contributed by atoms with E-state index in [9.17, 15) is 0 Å². The molecule has 3 nitrogen and oxygen atoms in total. The summed E-state index contributed by atoms with van der Waals surface area (Å²) < 4.78 is 2.33. The Hall–Kier alpha value is -1.61. The van der Waals surface area contributed by atoms with Crippen molar-refractivity contribution in [2.45, 2.75) is 51.1 Å². The molecule has 2 aliphatic rings. The smallest absolute Gasteiger partial charge is 0.108 e. The number of fused-ring (bicyclic) bond motifs is 1. The highest BCUT2D eigenvalue weighted by atomic mass is 15.1. The van der Waals surface area contributed by atoms with Gasteiger partial charge in [0.05, 0.1) is 0 Å². The predicted octanol–water partition coefficient (Wildman–Crippen LogP) is 3.29. The van der Waals surface area contributed by atoms with Gasteiger partial charge in [-0.3, -0.25) is 0 Å². The number of benzene rings is 1. The van der Waals surface area contributed by atoms with E-state index in [4.69, 9.17) is 0 Å². The minimum Gasteiger partial charge on any atom is -0.335 e. The number of aryl methyl sites for hydroxylation is 2. The molecular weight excluding hydrogens is 270 g/mol. The van der Waals surface area contributed by atoms with Gasteiger partial charge in [-0.05, 0) is 55.7 Å². The molecule has 116 valence electrons. The summed E-state index contributed by atoms with van der Waals surface area (Å²) in [6.45, 7) is 4.53. The molecule has 1 N–H and O–H groups in total. The zero-order valence-corrected chi connectivity index (χ0v) is 13.3. The average Bonchev–Trinajstić information content (AvgIpc) is 2.95. The standard InChI is InChI=1S/C19H25N3/c1-14-4-2-3-5-18(14)16-10-17(11-16)21-12-15-6-7-19-20-8-9-22(19)13-15/h2-5,8-9,15-17,21H,6-7,10-13H2,1H3/t15-,16?,17?/m0/s1. The first kappa shape index (κ1) is 14.0. The fourth-order valence-electron chi connectivity index (χ4n) is 4.02. The van der Waals surface area contributed by atoms with E-state index in [1.807, 2.05) is 6.20 Å². The van der Waals surface area contributed by atoms with Gasteiger partial charge < -0.3 is 9.88 Å². The van der Waals surface area contributed by atoms with Crippen LogP contribution in [-0.4, -0.2) is 22.1 Å². The fraction of sp³-hybridized carbons (Fsp3) is 0.526. The van der Waals surface area contributed by atoms with Crippen molar-refractivity contribution in [3.63, 3.8) is 0 Å². The summed E-state index contributed by atoms with van der Waals surface area (Å²) in [7, 11) is 0. The van der Waals surface area contributed by atoms with Crippen molar-refractivity contribution in [1.29, 1.82) is 0 Å². The van der Waals surface area contributed by atoms with E-state index in [1.54, 1.807) is 5.56 Å². The van der Waals surface area contributed by atoms with E-state index >= 15 is 0 Å². The Morgan fingerprint density at radius 2 is 2.14 bits per heavy atom. The van der Waals surface area contributed by atoms with Crippen molar-refractivity contribution in [1.82, 2.24) is 14.9 Å². The Balaban J connectivity index is 1.25. The fourth-order valence-corrected chi connectivity index (χ4v) is 4.02. The summed E-state index contributed by atoms with van der Waals surface area (Å²) in [6, 6.07) is 9.57. The number of rotatable bonds is 4. The molecule has 0 amide bonds. The van der Waals surface area contributed by atoms with Crippen LogP contribution in [-0.2, 0) is 13.0 Å². The van der Waals surface area contributed by atoms with Crippen LogP contribution in [0.25, 0.3) is 0 Å². The van der Waals surface area contributed by atoms with Crippen LogP contribution in [0.3, 0.4) is 0 Å². The Kier molecular flexibility index (Phi) is 3.75. The first-order chi connectivity index (χ1) is 10.8. The second-order valence-corrected chi connectivity index (χ2v) is 7.03. The summed E-state index contributed by atoms with van der Waals surface area (Å²) >= 11 is 0. The highest BCUT2D eigenvalue weighted by molar-refractivity contribution is 5.31.